The van der Waals surface area contributed by atoms with Gasteiger partial charge in [-0.05, 0) is 19.8 Å². The number of nitrogens with zero attached hydrogens (tertiary/aromatic N) is 1. The third-order valence-corrected chi connectivity index (χ3v) is 3.26. The summed E-state index contributed by atoms with van der Waals surface area (Å²) in [5.41, 5.74) is 1.51. The number of aromatic nitrogens is 2. The maximum atomic E-state index is 11.9. The Morgan fingerprint density at radius 1 is 1.38 bits per heavy atom. The molecule has 16 heavy (non-hydrogen) atoms. The van der Waals surface area contributed by atoms with Gasteiger partial charge in [-0.25, -0.2) is 0 Å². The molecule has 1 amide bonds. The van der Waals surface area contributed by atoms with Crippen LogP contribution in [0.1, 0.15) is 54.6 Å². The Labute approximate surface area is 95.8 Å². The summed E-state index contributed by atoms with van der Waals surface area (Å²) in [4.78, 5) is 11.9. The molecule has 1 aromatic rings. The van der Waals surface area contributed by atoms with Gasteiger partial charge in [-0.15, -0.1) is 0 Å². The maximum absolute atomic E-state index is 11.9. The molecule has 0 atom stereocenters. The van der Waals surface area contributed by atoms with Crippen molar-refractivity contribution in [2.75, 3.05) is 0 Å². The molecule has 1 aromatic heterocycles. The van der Waals surface area contributed by atoms with Crippen LogP contribution in [-0.2, 0) is 0 Å². The first kappa shape index (κ1) is 11.2. The summed E-state index contributed by atoms with van der Waals surface area (Å²) in [5, 5.41) is 9.76. The summed E-state index contributed by atoms with van der Waals surface area (Å²) in [7, 11) is 0. The second-order valence-electron chi connectivity index (χ2n) is 4.57. The summed E-state index contributed by atoms with van der Waals surface area (Å²) in [5.74, 6) is 0.0122. The zero-order valence-electron chi connectivity index (χ0n) is 9.75. The lowest BCUT2D eigenvalue weighted by Gasteiger charge is -2.15. The smallest absolute Gasteiger partial charge is 0.254 e. The van der Waals surface area contributed by atoms with E-state index in [-0.39, 0.29) is 5.91 Å². The van der Waals surface area contributed by atoms with Crippen molar-refractivity contribution in [1.82, 2.24) is 15.5 Å². The fourth-order valence-electron chi connectivity index (χ4n) is 2.27. The van der Waals surface area contributed by atoms with Gasteiger partial charge < -0.3 is 5.32 Å². The Bertz CT molecular complexity index is 351. The molecule has 1 aliphatic rings. The van der Waals surface area contributed by atoms with Crippen molar-refractivity contribution >= 4 is 5.91 Å². The monoisotopic (exact) mass is 221 g/mol. The number of H-pyrrole nitrogens is 1. The van der Waals surface area contributed by atoms with Crippen LogP contribution in [0.25, 0.3) is 0 Å². The summed E-state index contributed by atoms with van der Waals surface area (Å²) >= 11 is 0. The van der Waals surface area contributed by atoms with Crippen LogP contribution < -0.4 is 5.32 Å². The normalized spacial score (nSPS) is 18.1. The fraction of sp³-hybridized carbons (Fsp3) is 0.667. The van der Waals surface area contributed by atoms with Crippen LogP contribution >= 0.6 is 0 Å². The highest BCUT2D eigenvalue weighted by atomic mass is 16.1. The zero-order valence-corrected chi connectivity index (χ0v) is 9.75. The van der Waals surface area contributed by atoms with Gasteiger partial charge in [0.2, 0.25) is 0 Å². The van der Waals surface area contributed by atoms with Crippen LogP contribution in [0.2, 0.25) is 0 Å². The summed E-state index contributed by atoms with van der Waals surface area (Å²) in [6.45, 7) is 1.87. The number of carbonyl (C=O) groups is 1. The highest BCUT2D eigenvalue weighted by Gasteiger charge is 2.17. The molecule has 0 aliphatic heterocycles. The molecule has 0 saturated heterocycles. The summed E-state index contributed by atoms with van der Waals surface area (Å²) < 4.78 is 0. The van der Waals surface area contributed by atoms with Crippen molar-refractivity contribution in [3.8, 4) is 0 Å². The van der Waals surface area contributed by atoms with Gasteiger partial charge in [0.1, 0.15) is 0 Å². The molecule has 4 heteroatoms. The third kappa shape index (κ3) is 2.62. The lowest BCUT2D eigenvalue weighted by atomic mass is 10.1. The molecule has 88 valence electrons. The molecule has 0 unspecified atom stereocenters. The molecule has 0 bridgehead atoms. The molecule has 1 heterocycles. The average molecular weight is 221 g/mol. The van der Waals surface area contributed by atoms with E-state index >= 15 is 0 Å². The molecule has 0 spiro atoms. The number of amides is 1. The SMILES string of the molecule is Cc1[nH]ncc1C(=O)NC1CCCCCC1. The molecule has 1 fully saturated rings. The lowest BCUT2D eigenvalue weighted by molar-refractivity contribution is 0.0933. The van der Waals surface area contributed by atoms with Crippen molar-refractivity contribution in [2.24, 2.45) is 0 Å². The Morgan fingerprint density at radius 3 is 2.62 bits per heavy atom. The minimum absolute atomic E-state index is 0.0122. The number of nitrogens with one attached hydrogen (secondary N) is 2. The molecule has 0 aromatic carbocycles. The summed E-state index contributed by atoms with van der Waals surface area (Å²) in [6.07, 6.45) is 8.89. The number of aromatic amines is 1. The van der Waals surface area contributed by atoms with Crippen molar-refractivity contribution in [1.29, 1.82) is 0 Å². The maximum Gasteiger partial charge on any atom is 0.254 e. The lowest BCUT2D eigenvalue weighted by Crippen LogP contribution is -2.34. The van der Waals surface area contributed by atoms with E-state index in [1.54, 1.807) is 6.20 Å². The van der Waals surface area contributed by atoms with Crippen molar-refractivity contribution in [2.45, 2.75) is 51.5 Å². The van der Waals surface area contributed by atoms with E-state index < -0.39 is 0 Å². The van der Waals surface area contributed by atoms with Gasteiger partial charge in [-0.3, -0.25) is 9.89 Å². The largest absolute Gasteiger partial charge is 0.349 e. The Balaban J connectivity index is 1.93. The predicted molar refractivity (Wildman–Crippen MR) is 62.3 cm³/mol. The highest BCUT2D eigenvalue weighted by molar-refractivity contribution is 5.95. The minimum atomic E-state index is 0.0122. The zero-order chi connectivity index (χ0) is 11.4. The number of hydrogen-bond donors (Lipinski definition) is 2. The van der Waals surface area contributed by atoms with Crippen LogP contribution in [0, 0.1) is 6.92 Å². The first-order valence-corrected chi connectivity index (χ1v) is 6.08. The van der Waals surface area contributed by atoms with Gasteiger partial charge >= 0.3 is 0 Å². The number of rotatable bonds is 2. The van der Waals surface area contributed by atoms with E-state index in [1.165, 1.54) is 25.7 Å². The molecule has 0 radical (unpaired) electrons. The van der Waals surface area contributed by atoms with Gasteiger partial charge in [-0.1, -0.05) is 25.7 Å². The van der Waals surface area contributed by atoms with Gasteiger partial charge in [0.15, 0.2) is 0 Å². The molecule has 2 N–H and O–H groups in total. The highest BCUT2D eigenvalue weighted by Crippen LogP contribution is 2.17. The first-order chi connectivity index (χ1) is 7.77. The molecule has 2 rings (SSSR count). The third-order valence-electron chi connectivity index (χ3n) is 3.26. The Hall–Kier alpha value is -1.32. The van der Waals surface area contributed by atoms with E-state index in [0.29, 0.717) is 11.6 Å². The molecule has 1 aliphatic carbocycles. The van der Waals surface area contributed by atoms with Crippen molar-refractivity contribution in [3.05, 3.63) is 17.5 Å². The van der Waals surface area contributed by atoms with Crippen LogP contribution in [0.3, 0.4) is 0 Å². The van der Waals surface area contributed by atoms with Crippen LogP contribution in [-0.4, -0.2) is 22.1 Å². The van der Waals surface area contributed by atoms with E-state index in [0.717, 1.165) is 18.5 Å². The minimum Gasteiger partial charge on any atom is -0.349 e. The number of hydrogen-bond acceptors (Lipinski definition) is 2. The Kier molecular flexibility index (Phi) is 3.59. The van der Waals surface area contributed by atoms with Crippen LogP contribution in [0.4, 0.5) is 0 Å². The first-order valence-electron chi connectivity index (χ1n) is 6.08. The second-order valence-corrected chi connectivity index (χ2v) is 4.57. The predicted octanol–water partition coefficient (Wildman–Crippen LogP) is 2.17. The summed E-state index contributed by atoms with van der Waals surface area (Å²) in [6, 6.07) is 0.351. The Morgan fingerprint density at radius 2 is 2.06 bits per heavy atom. The van der Waals surface area contributed by atoms with Gasteiger partial charge in [0.05, 0.1) is 11.8 Å². The standard InChI is InChI=1S/C12H19N3O/c1-9-11(8-13-15-9)12(16)14-10-6-4-2-3-5-7-10/h8,10H,2-7H2,1H3,(H,13,15)(H,14,16). The topological polar surface area (TPSA) is 57.8 Å². The van der Waals surface area contributed by atoms with E-state index in [9.17, 15) is 4.79 Å². The van der Waals surface area contributed by atoms with Gasteiger partial charge in [0.25, 0.3) is 5.91 Å². The van der Waals surface area contributed by atoms with E-state index in [2.05, 4.69) is 15.5 Å². The molecule has 1 saturated carbocycles. The molecule has 4 nitrogen and oxygen atoms in total. The number of carbonyl (C=O) groups excluding carboxylic acids is 1. The number of aryl methyl sites for hydroxylation is 1. The van der Waals surface area contributed by atoms with E-state index in [1.807, 2.05) is 6.92 Å². The van der Waals surface area contributed by atoms with Crippen molar-refractivity contribution in [3.63, 3.8) is 0 Å². The second kappa shape index (κ2) is 5.14. The molecular weight excluding hydrogens is 202 g/mol. The van der Waals surface area contributed by atoms with Gasteiger partial charge in [0, 0.05) is 11.7 Å². The quantitative estimate of drug-likeness (QED) is 0.752. The average Bonchev–Trinajstić information content (AvgIpc) is 2.53. The van der Waals surface area contributed by atoms with Crippen LogP contribution in [0.5, 0.6) is 0 Å². The van der Waals surface area contributed by atoms with Gasteiger partial charge in [-0.2, -0.15) is 5.10 Å². The fourth-order valence-corrected chi connectivity index (χ4v) is 2.27. The van der Waals surface area contributed by atoms with Crippen LogP contribution in [0.15, 0.2) is 6.20 Å². The van der Waals surface area contributed by atoms with Crippen molar-refractivity contribution < 1.29 is 4.79 Å². The molecular formula is C12H19N3O. The van der Waals surface area contributed by atoms with E-state index in [4.69, 9.17) is 0 Å².